The van der Waals surface area contributed by atoms with Crippen LogP contribution in [0.3, 0.4) is 0 Å². The second kappa shape index (κ2) is 6.91. The number of nitrogens with zero attached hydrogens (tertiary/aromatic N) is 1. The molecule has 2 heteroatoms. The fourth-order valence-corrected chi connectivity index (χ4v) is 2.54. The van der Waals surface area contributed by atoms with Crippen molar-refractivity contribution in [2.24, 2.45) is 0 Å². The Morgan fingerprint density at radius 2 is 2.00 bits per heavy atom. The van der Waals surface area contributed by atoms with Crippen LogP contribution in [0.4, 0.5) is 0 Å². The number of hydrogen-bond acceptors (Lipinski definition) is 2. The largest absolute Gasteiger partial charge is 0.311 e. The first-order valence-electron chi connectivity index (χ1n) is 7.27. The standard InChI is InChI=1S/C16H26N2/c1-14(2)16-7-5-6-15(12-16)13-17-8-11-18-9-3-4-10-18/h5-7,12,14,17H,3-4,8-11,13H2,1-2H3. The lowest BCUT2D eigenvalue weighted by molar-refractivity contribution is 0.335. The van der Waals surface area contributed by atoms with Crippen LogP contribution in [0.15, 0.2) is 24.3 Å². The first-order chi connectivity index (χ1) is 8.75. The van der Waals surface area contributed by atoms with Gasteiger partial charge in [-0.25, -0.2) is 0 Å². The van der Waals surface area contributed by atoms with Crippen LogP contribution in [-0.2, 0) is 6.54 Å². The van der Waals surface area contributed by atoms with Crippen LogP contribution in [0.25, 0.3) is 0 Å². The summed E-state index contributed by atoms with van der Waals surface area (Å²) in [6.07, 6.45) is 2.77. The molecule has 1 aromatic rings. The SMILES string of the molecule is CC(C)c1cccc(CNCCN2CCCC2)c1. The molecule has 0 unspecified atom stereocenters. The zero-order chi connectivity index (χ0) is 12.8. The van der Waals surface area contributed by atoms with Gasteiger partial charge in [0, 0.05) is 19.6 Å². The molecule has 1 heterocycles. The normalized spacial score (nSPS) is 16.6. The van der Waals surface area contributed by atoms with E-state index in [0.717, 1.165) is 13.1 Å². The number of benzene rings is 1. The van der Waals surface area contributed by atoms with E-state index in [4.69, 9.17) is 0 Å². The summed E-state index contributed by atoms with van der Waals surface area (Å²) in [6.45, 7) is 10.4. The van der Waals surface area contributed by atoms with Crippen LogP contribution in [0.2, 0.25) is 0 Å². The molecule has 2 nitrogen and oxygen atoms in total. The number of rotatable bonds is 6. The Kier molecular flexibility index (Phi) is 5.21. The van der Waals surface area contributed by atoms with Crippen LogP contribution >= 0.6 is 0 Å². The lowest BCUT2D eigenvalue weighted by Crippen LogP contribution is -2.29. The van der Waals surface area contributed by atoms with Gasteiger partial charge in [0.2, 0.25) is 0 Å². The predicted octanol–water partition coefficient (Wildman–Crippen LogP) is 3.00. The number of hydrogen-bond donors (Lipinski definition) is 1. The minimum absolute atomic E-state index is 0.620. The van der Waals surface area contributed by atoms with Gasteiger partial charge in [-0.15, -0.1) is 0 Å². The second-order valence-electron chi connectivity index (χ2n) is 5.63. The second-order valence-corrected chi connectivity index (χ2v) is 5.63. The zero-order valence-corrected chi connectivity index (χ0v) is 11.8. The van der Waals surface area contributed by atoms with E-state index in [1.807, 2.05) is 0 Å². The highest BCUT2D eigenvalue weighted by Gasteiger charge is 2.09. The highest BCUT2D eigenvalue weighted by molar-refractivity contribution is 5.25. The van der Waals surface area contributed by atoms with Gasteiger partial charge in [0.05, 0.1) is 0 Å². The zero-order valence-electron chi connectivity index (χ0n) is 11.8. The lowest BCUT2D eigenvalue weighted by atomic mass is 10.0. The summed E-state index contributed by atoms with van der Waals surface area (Å²) in [5.41, 5.74) is 2.84. The average Bonchev–Trinajstić information content (AvgIpc) is 2.88. The first-order valence-corrected chi connectivity index (χ1v) is 7.27. The lowest BCUT2D eigenvalue weighted by Gasteiger charge is -2.15. The van der Waals surface area contributed by atoms with Gasteiger partial charge in [-0.3, -0.25) is 0 Å². The molecule has 0 saturated carbocycles. The molecule has 0 aromatic heterocycles. The topological polar surface area (TPSA) is 15.3 Å². The van der Waals surface area contributed by atoms with E-state index in [0.29, 0.717) is 5.92 Å². The van der Waals surface area contributed by atoms with Crippen molar-refractivity contribution < 1.29 is 0 Å². The molecule has 0 aliphatic carbocycles. The number of likely N-dealkylation sites (tertiary alicyclic amines) is 1. The van der Waals surface area contributed by atoms with Crippen LogP contribution < -0.4 is 5.32 Å². The van der Waals surface area contributed by atoms with Crippen molar-refractivity contribution in [3.05, 3.63) is 35.4 Å². The summed E-state index contributed by atoms with van der Waals surface area (Å²) in [5, 5.41) is 3.55. The van der Waals surface area contributed by atoms with Gasteiger partial charge in [0.15, 0.2) is 0 Å². The fraction of sp³-hybridized carbons (Fsp3) is 0.625. The monoisotopic (exact) mass is 246 g/mol. The number of nitrogens with one attached hydrogen (secondary N) is 1. The Balaban J connectivity index is 1.70. The van der Waals surface area contributed by atoms with Crippen molar-refractivity contribution in [1.29, 1.82) is 0 Å². The van der Waals surface area contributed by atoms with Crippen LogP contribution in [0.1, 0.15) is 43.7 Å². The summed E-state index contributed by atoms with van der Waals surface area (Å²) < 4.78 is 0. The van der Waals surface area contributed by atoms with Crippen molar-refractivity contribution in [1.82, 2.24) is 10.2 Å². The molecule has 1 N–H and O–H groups in total. The highest BCUT2D eigenvalue weighted by Crippen LogP contribution is 2.15. The first kappa shape index (κ1) is 13.6. The summed E-state index contributed by atoms with van der Waals surface area (Å²) in [7, 11) is 0. The molecule has 0 atom stereocenters. The minimum Gasteiger partial charge on any atom is -0.311 e. The molecule has 1 aliphatic rings. The van der Waals surface area contributed by atoms with E-state index in [9.17, 15) is 0 Å². The molecule has 0 spiro atoms. The quantitative estimate of drug-likeness (QED) is 0.776. The Morgan fingerprint density at radius 1 is 1.22 bits per heavy atom. The van der Waals surface area contributed by atoms with E-state index in [1.54, 1.807) is 0 Å². The Bertz CT molecular complexity index is 354. The fourth-order valence-electron chi connectivity index (χ4n) is 2.54. The van der Waals surface area contributed by atoms with E-state index in [2.05, 4.69) is 48.3 Å². The van der Waals surface area contributed by atoms with Gasteiger partial charge >= 0.3 is 0 Å². The highest BCUT2D eigenvalue weighted by atomic mass is 15.1. The molecule has 1 aliphatic heterocycles. The average molecular weight is 246 g/mol. The van der Waals surface area contributed by atoms with Crippen molar-refractivity contribution in [3.63, 3.8) is 0 Å². The van der Waals surface area contributed by atoms with Gasteiger partial charge < -0.3 is 10.2 Å². The molecule has 18 heavy (non-hydrogen) atoms. The molecule has 0 amide bonds. The summed E-state index contributed by atoms with van der Waals surface area (Å²) in [4.78, 5) is 2.55. The summed E-state index contributed by atoms with van der Waals surface area (Å²) in [6, 6.07) is 8.94. The van der Waals surface area contributed by atoms with E-state index < -0.39 is 0 Å². The van der Waals surface area contributed by atoms with Gasteiger partial charge in [0.1, 0.15) is 0 Å². The van der Waals surface area contributed by atoms with E-state index in [-0.39, 0.29) is 0 Å². The molecule has 1 aromatic carbocycles. The molecule has 0 radical (unpaired) electrons. The van der Waals surface area contributed by atoms with Crippen molar-refractivity contribution in [2.45, 2.75) is 39.2 Å². The molecule has 100 valence electrons. The Morgan fingerprint density at radius 3 is 2.72 bits per heavy atom. The Labute approximate surface area is 111 Å². The van der Waals surface area contributed by atoms with Gasteiger partial charge in [-0.05, 0) is 43.0 Å². The van der Waals surface area contributed by atoms with Crippen molar-refractivity contribution in [3.8, 4) is 0 Å². The maximum Gasteiger partial charge on any atom is 0.0206 e. The van der Waals surface area contributed by atoms with E-state index in [1.165, 1.54) is 43.6 Å². The molecular weight excluding hydrogens is 220 g/mol. The maximum absolute atomic E-state index is 3.55. The van der Waals surface area contributed by atoms with Crippen molar-refractivity contribution >= 4 is 0 Å². The van der Waals surface area contributed by atoms with Gasteiger partial charge in [-0.2, -0.15) is 0 Å². The van der Waals surface area contributed by atoms with Crippen LogP contribution in [-0.4, -0.2) is 31.1 Å². The minimum atomic E-state index is 0.620. The smallest absolute Gasteiger partial charge is 0.0206 e. The van der Waals surface area contributed by atoms with Gasteiger partial charge in [0.25, 0.3) is 0 Å². The molecule has 2 rings (SSSR count). The molecule has 0 bridgehead atoms. The predicted molar refractivity (Wildman–Crippen MR) is 77.9 cm³/mol. The summed E-state index contributed by atoms with van der Waals surface area (Å²) in [5.74, 6) is 0.620. The summed E-state index contributed by atoms with van der Waals surface area (Å²) >= 11 is 0. The van der Waals surface area contributed by atoms with Crippen LogP contribution in [0.5, 0.6) is 0 Å². The van der Waals surface area contributed by atoms with Crippen molar-refractivity contribution in [2.75, 3.05) is 26.2 Å². The molecular formula is C16H26N2. The van der Waals surface area contributed by atoms with E-state index >= 15 is 0 Å². The Hall–Kier alpha value is -0.860. The third-order valence-corrected chi connectivity index (χ3v) is 3.75. The van der Waals surface area contributed by atoms with Crippen LogP contribution in [0, 0.1) is 0 Å². The third-order valence-electron chi connectivity index (χ3n) is 3.75. The molecule has 1 fully saturated rings. The third kappa shape index (κ3) is 4.11. The maximum atomic E-state index is 3.55. The van der Waals surface area contributed by atoms with Gasteiger partial charge in [-0.1, -0.05) is 38.1 Å². The molecule has 1 saturated heterocycles.